The lowest BCUT2D eigenvalue weighted by molar-refractivity contribution is -0.145. The third-order valence-corrected chi connectivity index (χ3v) is 2.20. The molecule has 0 spiro atoms. The number of benzene rings is 1. The summed E-state index contributed by atoms with van der Waals surface area (Å²) in [5.74, 6) is 0.0854. The number of esters is 1. The van der Waals surface area contributed by atoms with Crippen molar-refractivity contribution < 1.29 is 14.3 Å². The highest BCUT2D eigenvalue weighted by Gasteiger charge is 2.17. The smallest absolute Gasteiger partial charge is 0.340 e. The van der Waals surface area contributed by atoms with Gasteiger partial charge in [0.2, 0.25) is 0 Å². The molecule has 0 fully saturated rings. The molecule has 0 aromatic heterocycles. The Morgan fingerprint density at radius 2 is 2.00 bits per heavy atom. The molecular weight excluding hydrogens is 216 g/mol. The summed E-state index contributed by atoms with van der Waals surface area (Å²) in [6.45, 7) is 1.86. The van der Waals surface area contributed by atoms with Crippen LogP contribution in [0.4, 0.5) is 0 Å². The highest BCUT2D eigenvalue weighted by atomic mass is 35.5. The topological polar surface area (TPSA) is 35.5 Å². The van der Waals surface area contributed by atoms with Crippen molar-refractivity contribution in [3.63, 3.8) is 0 Å². The average Bonchev–Trinajstić information content (AvgIpc) is 2.23. The van der Waals surface area contributed by atoms with E-state index < -0.39 is 6.10 Å². The second-order valence-electron chi connectivity index (χ2n) is 3.01. The van der Waals surface area contributed by atoms with Crippen LogP contribution in [-0.2, 0) is 9.53 Å². The van der Waals surface area contributed by atoms with Crippen molar-refractivity contribution in [1.29, 1.82) is 0 Å². The van der Waals surface area contributed by atoms with E-state index in [2.05, 4.69) is 0 Å². The zero-order valence-corrected chi connectivity index (χ0v) is 9.45. The second-order valence-corrected chi connectivity index (χ2v) is 3.44. The number of carbonyl (C=O) groups excluding carboxylic acids is 1. The zero-order chi connectivity index (χ0) is 11.3. The quantitative estimate of drug-likeness (QED) is 0.587. The number of methoxy groups -OCH3 is 1. The Hall–Kier alpha value is -1.06. The van der Waals surface area contributed by atoms with Crippen molar-refractivity contribution in [3.8, 4) is 5.75 Å². The van der Waals surface area contributed by atoms with Crippen molar-refractivity contribution in [2.75, 3.05) is 7.11 Å². The summed E-state index contributed by atoms with van der Waals surface area (Å²) in [6.07, 6.45) is 0.0730. The molecule has 0 radical (unpaired) electrons. The van der Waals surface area contributed by atoms with Crippen LogP contribution in [-0.4, -0.2) is 19.2 Å². The number of hydrogen-bond donors (Lipinski definition) is 0. The lowest BCUT2D eigenvalue weighted by atomic mass is 10.3. The summed E-state index contributed by atoms with van der Waals surface area (Å²) in [4.78, 5) is 11.5. The number of hydrogen-bond acceptors (Lipinski definition) is 3. The van der Waals surface area contributed by atoms with Crippen molar-refractivity contribution >= 4 is 17.6 Å². The Labute approximate surface area is 93.9 Å². The lowest BCUT2D eigenvalue weighted by Gasteiger charge is -2.11. The molecule has 1 unspecified atom stereocenters. The van der Waals surface area contributed by atoms with E-state index in [1.54, 1.807) is 24.3 Å². The van der Waals surface area contributed by atoms with Gasteiger partial charge in [0.25, 0.3) is 0 Å². The molecular formula is C11H13ClO3. The summed E-state index contributed by atoms with van der Waals surface area (Å²) in [5.41, 5.74) is 0. The third kappa shape index (κ3) is 3.53. The first-order chi connectivity index (χ1) is 7.17. The van der Waals surface area contributed by atoms with Gasteiger partial charge in [0.1, 0.15) is 5.75 Å². The standard InChI is InChI=1S/C11H13ClO3/c1-3-10(14-2)11(13)15-9-6-4-8(12)5-7-9/h4-7,10H,3H2,1-2H3. The first-order valence-electron chi connectivity index (χ1n) is 4.67. The Kier molecular flexibility index (Phi) is 4.59. The Morgan fingerprint density at radius 3 is 2.47 bits per heavy atom. The van der Waals surface area contributed by atoms with Crippen molar-refractivity contribution in [1.82, 2.24) is 0 Å². The fraction of sp³-hybridized carbons (Fsp3) is 0.364. The minimum atomic E-state index is -0.513. The van der Waals surface area contributed by atoms with Crippen LogP contribution < -0.4 is 4.74 Å². The molecule has 0 bridgehead atoms. The number of rotatable bonds is 4. The fourth-order valence-corrected chi connectivity index (χ4v) is 1.24. The molecule has 0 saturated carbocycles. The maximum Gasteiger partial charge on any atom is 0.340 e. The van der Waals surface area contributed by atoms with Crippen LogP contribution in [0.5, 0.6) is 5.75 Å². The highest BCUT2D eigenvalue weighted by Crippen LogP contribution is 2.16. The van der Waals surface area contributed by atoms with E-state index in [4.69, 9.17) is 21.1 Å². The molecule has 1 rings (SSSR count). The Bertz CT molecular complexity index is 317. The molecule has 15 heavy (non-hydrogen) atoms. The summed E-state index contributed by atoms with van der Waals surface area (Å²) in [6, 6.07) is 6.61. The van der Waals surface area contributed by atoms with E-state index in [-0.39, 0.29) is 5.97 Å². The number of carbonyl (C=O) groups is 1. The summed E-state index contributed by atoms with van der Waals surface area (Å²) < 4.78 is 10.0. The van der Waals surface area contributed by atoms with Gasteiger partial charge in [0, 0.05) is 12.1 Å². The van der Waals surface area contributed by atoms with Gasteiger partial charge in [-0.3, -0.25) is 0 Å². The van der Waals surface area contributed by atoms with Crippen LogP contribution >= 0.6 is 11.6 Å². The molecule has 4 heteroatoms. The molecule has 1 atom stereocenters. The van der Waals surface area contributed by atoms with Gasteiger partial charge < -0.3 is 9.47 Å². The summed E-state index contributed by atoms with van der Waals surface area (Å²) in [5, 5.41) is 0.605. The molecule has 3 nitrogen and oxygen atoms in total. The van der Waals surface area contributed by atoms with E-state index in [1.807, 2.05) is 6.92 Å². The van der Waals surface area contributed by atoms with E-state index in [0.717, 1.165) is 0 Å². The SMILES string of the molecule is CCC(OC)C(=O)Oc1ccc(Cl)cc1. The largest absolute Gasteiger partial charge is 0.425 e. The normalized spacial score (nSPS) is 12.2. The first kappa shape index (κ1) is 12.0. The monoisotopic (exact) mass is 228 g/mol. The van der Waals surface area contributed by atoms with Crippen LogP contribution in [0, 0.1) is 0 Å². The summed E-state index contributed by atoms with van der Waals surface area (Å²) >= 11 is 5.70. The molecule has 0 aliphatic rings. The van der Waals surface area contributed by atoms with Gasteiger partial charge in [-0.15, -0.1) is 0 Å². The third-order valence-electron chi connectivity index (χ3n) is 1.95. The highest BCUT2D eigenvalue weighted by molar-refractivity contribution is 6.30. The minimum Gasteiger partial charge on any atom is -0.425 e. The van der Waals surface area contributed by atoms with Crippen LogP contribution in [0.25, 0.3) is 0 Å². The predicted octanol–water partition coefficient (Wildman–Crippen LogP) is 2.67. The van der Waals surface area contributed by atoms with Crippen LogP contribution in [0.1, 0.15) is 13.3 Å². The fourth-order valence-electron chi connectivity index (χ4n) is 1.11. The van der Waals surface area contributed by atoms with Gasteiger partial charge in [-0.05, 0) is 30.7 Å². The summed E-state index contributed by atoms with van der Waals surface area (Å²) in [7, 11) is 1.48. The molecule has 0 N–H and O–H groups in total. The van der Waals surface area contributed by atoms with Crippen molar-refractivity contribution in [3.05, 3.63) is 29.3 Å². The van der Waals surface area contributed by atoms with Crippen LogP contribution in [0.2, 0.25) is 5.02 Å². The van der Waals surface area contributed by atoms with Gasteiger partial charge >= 0.3 is 5.97 Å². The molecule has 1 aromatic carbocycles. The Morgan fingerprint density at radius 1 is 1.40 bits per heavy atom. The van der Waals surface area contributed by atoms with E-state index in [1.165, 1.54) is 7.11 Å². The number of ether oxygens (including phenoxy) is 2. The minimum absolute atomic E-state index is 0.387. The van der Waals surface area contributed by atoms with Gasteiger partial charge in [-0.25, -0.2) is 4.79 Å². The molecule has 0 saturated heterocycles. The number of halogens is 1. The maximum absolute atomic E-state index is 11.5. The van der Waals surface area contributed by atoms with E-state index in [0.29, 0.717) is 17.2 Å². The van der Waals surface area contributed by atoms with Gasteiger partial charge in [-0.1, -0.05) is 18.5 Å². The molecule has 0 heterocycles. The Balaban J connectivity index is 2.61. The molecule has 1 aromatic rings. The van der Waals surface area contributed by atoms with Crippen molar-refractivity contribution in [2.24, 2.45) is 0 Å². The molecule has 0 amide bonds. The second kappa shape index (κ2) is 5.73. The van der Waals surface area contributed by atoms with Gasteiger partial charge in [-0.2, -0.15) is 0 Å². The van der Waals surface area contributed by atoms with E-state index >= 15 is 0 Å². The maximum atomic E-state index is 11.5. The first-order valence-corrected chi connectivity index (χ1v) is 5.05. The predicted molar refractivity (Wildman–Crippen MR) is 58.2 cm³/mol. The molecule has 0 aliphatic heterocycles. The zero-order valence-electron chi connectivity index (χ0n) is 8.70. The van der Waals surface area contributed by atoms with Crippen LogP contribution in [0.3, 0.4) is 0 Å². The van der Waals surface area contributed by atoms with Crippen molar-refractivity contribution in [2.45, 2.75) is 19.4 Å². The van der Waals surface area contributed by atoms with Gasteiger partial charge in [0.05, 0.1) is 0 Å². The average molecular weight is 229 g/mol. The molecule has 0 aliphatic carbocycles. The van der Waals surface area contributed by atoms with Gasteiger partial charge in [0.15, 0.2) is 6.10 Å². The van der Waals surface area contributed by atoms with Crippen LogP contribution in [0.15, 0.2) is 24.3 Å². The van der Waals surface area contributed by atoms with E-state index in [9.17, 15) is 4.79 Å². The lowest BCUT2D eigenvalue weighted by Crippen LogP contribution is -2.26. The molecule has 82 valence electrons.